The Morgan fingerprint density at radius 2 is 2.11 bits per heavy atom. The zero-order valence-electron chi connectivity index (χ0n) is 10.2. The Morgan fingerprint density at radius 1 is 1.47 bits per heavy atom. The number of hydrogen-bond acceptors (Lipinski definition) is 6. The lowest BCUT2D eigenvalue weighted by Crippen LogP contribution is -2.19. The van der Waals surface area contributed by atoms with E-state index in [-0.39, 0.29) is 27.9 Å². The Hall–Kier alpha value is -2.28. The van der Waals surface area contributed by atoms with Gasteiger partial charge in [0.25, 0.3) is 5.69 Å². The SMILES string of the molecule is CC(=N)/C(=N/Nc1ccc([N+](=O)[O-])c(Cl)c1)C(C)=O. The molecule has 1 aromatic rings. The van der Waals surface area contributed by atoms with Crippen LogP contribution in [0.5, 0.6) is 0 Å². The van der Waals surface area contributed by atoms with Crippen molar-refractivity contribution < 1.29 is 9.72 Å². The van der Waals surface area contributed by atoms with Gasteiger partial charge in [0, 0.05) is 13.0 Å². The minimum atomic E-state index is -0.599. The molecule has 0 aliphatic rings. The highest BCUT2D eigenvalue weighted by molar-refractivity contribution is 6.66. The van der Waals surface area contributed by atoms with Crippen LogP contribution in [-0.4, -0.2) is 22.1 Å². The first kappa shape index (κ1) is 14.8. The molecule has 0 saturated carbocycles. The molecule has 0 atom stereocenters. The number of benzene rings is 1. The summed E-state index contributed by atoms with van der Waals surface area (Å²) in [5.74, 6) is -0.354. The number of nitrogens with one attached hydrogen (secondary N) is 2. The molecule has 8 heteroatoms. The summed E-state index contributed by atoms with van der Waals surface area (Å²) in [5, 5.41) is 21.7. The molecule has 0 fully saturated rings. The van der Waals surface area contributed by atoms with Crippen LogP contribution in [0, 0.1) is 15.5 Å². The maximum Gasteiger partial charge on any atom is 0.288 e. The van der Waals surface area contributed by atoms with E-state index in [1.165, 1.54) is 32.0 Å². The van der Waals surface area contributed by atoms with Crippen LogP contribution in [0.1, 0.15) is 13.8 Å². The van der Waals surface area contributed by atoms with Crippen molar-refractivity contribution in [2.45, 2.75) is 13.8 Å². The molecule has 0 aliphatic heterocycles. The van der Waals surface area contributed by atoms with Gasteiger partial charge in [0.05, 0.1) is 16.3 Å². The normalized spacial score (nSPS) is 11.0. The second-order valence-corrected chi connectivity index (χ2v) is 4.08. The highest BCUT2D eigenvalue weighted by Crippen LogP contribution is 2.27. The van der Waals surface area contributed by atoms with Gasteiger partial charge in [0.2, 0.25) is 0 Å². The van der Waals surface area contributed by atoms with Crippen molar-refractivity contribution in [3.05, 3.63) is 33.3 Å². The number of carbonyl (C=O) groups is 1. The van der Waals surface area contributed by atoms with Gasteiger partial charge in [-0.25, -0.2) is 0 Å². The molecule has 0 unspecified atom stereocenters. The Morgan fingerprint density at radius 3 is 2.53 bits per heavy atom. The van der Waals surface area contributed by atoms with E-state index in [0.29, 0.717) is 5.69 Å². The summed E-state index contributed by atoms with van der Waals surface area (Å²) in [5.41, 5.74) is 2.70. The maximum absolute atomic E-state index is 11.2. The van der Waals surface area contributed by atoms with Crippen LogP contribution in [0.4, 0.5) is 11.4 Å². The Labute approximate surface area is 113 Å². The van der Waals surface area contributed by atoms with E-state index in [1.807, 2.05) is 0 Å². The van der Waals surface area contributed by atoms with Crippen molar-refractivity contribution in [3.8, 4) is 0 Å². The average molecular weight is 283 g/mol. The van der Waals surface area contributed by atoms with Gasteiger partial charge in [0.1, 0.15) is 10.7 Å². The molecular weight excluding hydrogens is 272 g/mol. The molecule has 0 amide bonds. The summed E-state index contributed by atoms with van der Waals surface area (Å²) < 4.78 is 0. The van der Waals surface area contributed by atoms with Gasteiger partial charge >= 0.3 is 0 Å². The number of Topliss-reactive ketones (excluding diaryl/α,β-unsaturated/α-hetero) is 1. The van der Waals surface area contributed by atoms with Gasteiger partial charge < -0.3 is 5.41 Å². The minimum absolute atomic E-state index is 0.0190. The highest BCUT2D eigenvalue weighted by Gasteiger charge is 2.12. The summed E-state index contributed by atoms with van der Waals surface area (Å²) in [4.78, 5) is 21.2. The van der Waals surface area contributed by atoms with Crippen molar-refractivity contribution in [1.29, 1.82) is 5.41 Å². The van der Waals surface area contributed by atoms with Gasteiger partial charge in [0.15, 0.2) is 5.78 Å². The minimum Gasteiger partial charge on any atom is -0.303 e. The van der Waals surface area contributed by atoms with Crippen LogP contribution in [0.2, 0.25) is 5.02 Å². The lowest BCUT2D eigenvalue weighted by Gasteiger charge is -2.04. The quantitative estimate of drug-likeness (QED) is 0.491. The first-order chi connectivity index (χ1) is 8.82. The maximum atomic E-state index is 11.2. The molecular formula is C11H11ClN4O3. The fourth-order valence-corrected chi connectivity index (χ4v) is 1.52. The number of hydrogen-bond donors (Lipinski definition) is 2. The van der Waals surface area contributed by atoms with E-state index < -0.39 is 4.92 Å². The van der Waals surface area contributed by atoms with Crippen LogP contribution >= 0.6 is 11.6 Å². The number of anilines is 1. The van der Waals surface area contributed by atoms with Crippen LogP contribution < -0.4 is 5.43 Å². The number of carbonyl (C=O) groups excluding carboxylic acids is 1. The van der Waals surface area contributed by atoms with Gasteiger partial charge in [-0.1, -0.05) is 11.6 Å². The molecule has 0 radical (unpaired) electrons. The van der Waals surface area contributed by atoms with E-state index in [4.69, 9.17) is 17.0 Å². The number of halogens is 1. The standard InChI is InChI=1S/C11H11ClN4O3/c1-6(13)11(7(2)17)15-14-8-3-4-10(16(18)19)9(12)5-8/h3-5,13-14H,1-2H3/b13-6?,15-11-. The molecule has 0 aromatic heterocycles. The number of rotatable bonds is 5. The molecule has 0 aliphatic carbocycles. The van der Waals surface area contributed by atoms with Crippen molar-refractivity contribution >= 4 is 40.2 Å². The lowest BCUT2D eigenvalue weighted by atomic mass is 10.2. The predicted molar refractivity (Wildman–Crippen MR) is 73.2 cm³/mol. The van der Waals surface area contributed by atoms with E-state index >= 15 is 0 Å². The summed E-state index contributed by atoms with van der Waals surface area (Å²) in [6, 6.07) is 3.95. The first-order valence-electron chi connectivity index (χ1n) is 5.17. The summed E-state index contributed by atoms with van der Waals surface area (Å²) >= 11 is 5.73. The Balaban J connectivity index is 2.98. The zero-order chi connectivity index (χ0) is 14.6. The van der Waals surface area contributed by atoms with Crippen molar-refractivity contribution in [2.24, 2.45) is 5.10 Å². The number of nitrogens with zero attached hydrogens (tertiary/aromatic N) is 2. The van der Waals surface area contributed by atoms with Crippen LogP contribution in [0.3, 0.4) is 0 Å². The van der Waals surface area contributed by atoms with Gasteiger partial charge in [-0.3, -0.25) is 20.3 Å². The molecule has 7 nitrogen and oxygen atoms in total. The fourth-order valence-electron chi connectivity index (χ4n) is 1.27. The van der Waals surface area contributed by atoms with Crippen LogP contribution in [0.15, 0.2) is 23.3 Å². The van der Waals surface area contributed by atoms with E-state index in [2.05, 4.69) is 10.5 Å². The molecule has 0 saturated heterocycles. The second kappa shape index (κ2) is 6.05. The molecule has 0 bridgehead atoms. The summed E-state index contributed by atoms with van der Waals surface area (Å²) in [7, 11) is 0. The smallest absolute Gasteiger partial charge is 0.288 e. The average Bonchev–Trinajstić information content (AvgIpc) is 2.27. The van der Waals surface area contributed by atoms with Crippen molar-refractivity contribution in [1.82, 2.24) is 0 Å². The van der Waals surface area contributed by atoms with Crippen molar-refractivity contribution in [2.75, 3.05) is 5.43 Å². The topological polar surface area (TPSA) is 108 Å². The van der Waals surface area contributed by atoms with Crippen molar-refractivity contribution in [3.63, 3.8) is 0 Å². The number of ketones is 1. The molecule has 100 valence electrons. The molecule has 19 heavy (non-hydrogen) atoms. The van der Waals surface area contributed by atoms with Gasteiger partial charge in [-0.15, -0.1) is 0 Å². The van der Waals surface area contributed by atoms with E-state index in [0.717, 1.165) is 0 Å². The van der Waals surface area contributed by atoms with E-state index in [9.17, 15) is 14.9 Å². The first-order valence-corrected chi connectivity index (χ1v) is 5.55. The summed E-state index contributed by atoms with van der Waals surface area (Å²) in [6.45, 7) is 2.73. The molecule has 0 spiro atoms. The lowest BCUT2D eigenvalue weighted by molar-refractivity contribution is -0.384. The second-order valence-electron chi connectivity index (χ2n) is 3.68. The third-order valence-electron chi connectivity index (χ3n) is 2.13. The largest absolute Gasteiger partial charge is 0.303 e. The van der Waals surface area contributed by atoms with Gasteiger partial charge in [-0.05, 0) is 19.1 Å². The highest BCUT2D eigenvalue weighted by atomic mass is 35.5. The number of nitro benzene ring substituents is 1. The molecule has 2 N–H and O–H groups in total. The molecule has 0 heterocycles. The molecule has 1 rings (SSSR count). The van der Waals surface area contributed by atoms with Crippen LogP contribution in [-0.2, 0) is 4.79 Å². The Kier molecular flexibility index (Phi) is 4.71. The third-order valence-corrected chi connectivity index (χ3v) is 2.43. The molecule has 1 aromatic carbocycles. The summed E-state index contributed by atoms with van der Waals surface area (Å²) in [6.07, 6.45) is 0. The predicted octanol–water partition coefficient (Wildman–Crippen LogP) is 2.64. The number of hydrazone groups is 1. The zero-order valence-corrected chi connectivity index (χ0v) is 11.0. The van der Waals surface area contributed by atoms with Crippen LogP contribution in [0.25, 0.3) is 0 Å². The fraction of sp³-hybridized carbons (Fsp3) is 0.182. The number of nitro groups is 1. The Bertz CT molecular complexity index is 567. The monoisotopic (exact) mass is 282 g/mol. The third kappa shape index (κ3) is 3.85. The van der Waals surface area contributed by atoms with Gasteiger partial charge in [-0.2, -0.15) is 5.10 Å². The van der Waals surface area contributed by atoms with E-state index in [1.54, 1.807) is 0 Å².